The summed E-state index contributed by atoms with van der Waals surface area (Å²) < 4.78 is 20.3. The second-order valence-corrected chi connectivity index (χ2v) is 9.26. The summed E-state index contributed by atoms with van der Waals surface area (Å²) >= 11 is 6.33. The van der Waals surface area contributed by atoms with Gasteiger partial charge in [-0.1, -0.05) is 31.5 Å². The van der Waals surface area contributed by atoms with Crippen molar-refractivity contribution >= 4 is 29.0 Å². The lowest BCUT2D eigenvalue weighted by atomic mass is 9.69. The van der Waals surface area contributed by atoms with Gasteiger partial charge in [0.1, 0.15) is 11.6 Å². The Morgan fingerprint density at radius 2 is 1.84 bits per heavy atom. The van der Waals surface area contributed by atoms with Crippen molar-refractivity contribution in [3.05, 3.63) is 70.1 Å². The van der Waals surface area contributed by atoms with Crippen LogP contribution in [0.1, 0.15) is 51.5 Å². The summed E-state index contributed by atoms with van der Waals surface area (Å²) in [6.07, 6.45) is 0.869. The first-order chi connectivity index (χ1) is 14.7. The number of benzene rings is 2. The van der Waals surface area contributed by atoms with Gasteiger partial charge >= 0.3 is 0 Å². The molecule has 1 heterocycles. The maximum atomic E-state index is 14.8. The van der Waals surface area contributed by atoms with Gasteiger partial charge in [0.25, 0.3) is 0 Å². The number of Topliss-reactive ketones (excluding diaryl/α,β-unsaturated/α-hetero) is 1. The van der Waals surface area contributed by atoms with E-state index in [1.165, 1.54) is 12.1 Å². The van der Waals surface area contributed by atoms with E-state index in [2.05, 4.69) is 0 Å². The Morgan fingerprint density at radius 1 is 1.13 bits per heavy atom. The van der Waals surface area contributed by atoms with Crippen LogP contribution >= 0.6 is 11.6 Å². The molecule has 2 aromatic rings. The highest BCUT2D eigenvalue weighted by atomic mass is 35.5. The lowest BCUT2D eigenvalue weighted by Crippen LogP contribution is -2.44. The fraction of sp³-hybridized carbons (Fsp3) is 0.360. The molecule has 0 N–H and O–H groups in total. The maximum Gasteiger partial charge on any atom is 0.232 e. The second-order valence-electron chi connectivity index (χ2n) is 8.85. The summed E-state index contributed by atoms with van der Waals surface area (Å²) in [6.45, 7) is 6.47. The molecule has 0 bridgehead atoms. The number of hydrogen-bond donors (Lipinski definition) is 0. The summed E-state index contributed by atoms with van der Waals surface area (Å²) in [5.41, 5.74) is 1.74. The fourth-order valence-corrected chi connectivity index (χ4v) is 4.96. The summed E-state index contributed by atoms with van der Waals surface area (Å²) in [6, 6.07) is 11.7. The summed E-state index contributed by atoms with van der Waals surface area (Å²) in [5.74, 6) is -0.708. The Bertz CT molecular complexity index is 1050. The number of allylic oxidation sites excluding steroid dienone is 2. The lowest BCUT2D eigenvalue weighted by molar-refractivity contribution is -0.121. The molecule has 4 rings (SSSR count). The number of rotatable bonds is 4. The molecule has 6 heteroatoms. The zero-order chi connectivity index (χ0) is 22.3. The molecule has 1 amide bonds. The molecule has 1 aliphatic carbocycles. The third-order valence-electron chi connectivity index (χ3n) is 5.90. The van der Waals surface area contributed by atoms with E-state index in [0.29, 0.717) is 42.2 Å². The van der Waals surface area contributed by atoms with Gasteiger partial charge in [-0.3, -0.25) is 14.5 Å². The SMILES string of the molecule is CCOc1ccc(N2C(=O)CC(c3c(F)cccc3Cl)C3=C2CC(C)(C)CC3=O)cc1. The Balaban J connectivity index is 1.88. The molecule has 2 aliphatic rings. The summed E-state index contributed by atoms with van der Waals surface area (Å²) in [5, 5.41) is 0.233. The van der Waals surface area contributed by atoms with Crippen molar-refractivity contribution in [2.24, 2.45) is 5.41 Å². The molecule has 0 aromatic heterocycles. The topological polar surface area (TPSA) is 46.6 Å². The molecule has 0 radical (unpaired) electrons. The van der Waals surface area contributed by atoms with Crippen molar-refractivity contribution < 1.29 is 18.7 Å². The molecule has 0 saturated heterocycles. The van der Waals surface area contributed by atoms with E-state index in [1.807, 2.05) is 45.0 Å². The van der Waals surface area contributed by atoms with E-state index in [4.69, 9.17) is 16.3 Å². The van der Waals surface area contributed by atoms with Gasteiger partial charge in [-0.2, -0.15) is 0 Å². The minimum Gasteiger partial charge on any atom is -0.494 e. The fourth-order valence-electron chi connectivity index (χ4n) is 4.66. The molecular weight excluding hydrogens is 417 g/mol. The smallest absolute Gasteiger partial charge is 0.232 e. The number of ether oxygens (including phenoxy) is 1. The van der Waals surface area contributed by atoms with Gasteiger partial charge in [-0.15, -0.1) is 0 Å². The molecular formula is C25H25ClFNO3. The van der Waals surface area contributed by atoms with Crippen LogP contribution in [-0.2, 0) is 9.59 Å². The molecule has 0 spiro atoms. The van der Waals surface area contributed by atoms with Gasteiger partial charge < -0.3 is 4.74 Å². The highest BCUT2D eigenvalue weighted by Crippen LogP contribution is 2.49. The number of amides is 1. The number of hydrogen-bond acceptors (Lipinski definition) is 3. The van der Waals surface area contributed by atoms with Crippen LogP contribution in [0.15, 0.2) is 53.7 Å². The molecule has 4 nitrogen and oxygen atoms in total. The van der Waals surface area contributed by atoms with Crippen LogP contribution in [-0.4, -0.2) is 18.3 Å². The monoisotopic (exact) mass is 441 g/mol. The number of carbonyl (C=O) groups is 2. The van der Waals surface area contributed by atoms with Crippen molar-refractivity contribution in [1.29, 1.82) is 0 Å². The van der Waals surface area contributed by atoms with Crippen molar-refractivity contribution in [3.8, 4) is 5.75 Å². The third-order valence-corrected chi connectivity index (χ3v) is 6.23. The predicted molar refractivity (Wildman–Crippen MR) is 119 cm³/mol. The number of anilines is 1. The second kappa shape index (κ2) is 8.12. The van der Waals surface area contributed by atoms with E-state index in [0.717, 1.165) is 0 Å². The normalized spacial score (nSPS) is 20.7. The van der Waals surface area contributed by atoms with Crippen LogP contribution in [0.2, 0.25) is 5.02 Å². The Kier molecular flexibility index (Phi) is 5.65. The van der Waals surface area contributed by atoms with Crippen molar-refractivity contribution in [1.82, 2.24) is 0 Å². The van der Waals surface area contributed by atoms with Crippen LogP contribution in [0.4, 0.5) is 10.1 Å². The standard InChI is InChI=1S/C25H25ClFNO3/c1-4-31-16-10-8-15(9-11-16)28-20-13-25(2,3)14-21(29)24(20)17(12-22(28)30)23-18(26)6-5-7-19(23)27/h5-11,17H,4,12-14H2,1-3H3. The zero-order valence-corrected chi connectivity index (χ0v) is 18.6. The van der Waals surface area contributed by atoms with E-state index in [9.17, 15) is 14.0 Å². The van der Waals surface area contributed by atoms with Crippen molar-refractivity contribution in [3.63, 3.8) is 0 Å². The van der Waals surface area contributed by atoms with E-state index in [1.54, 1.807) is 11.0 Å². The molecule has 31 heavy (non-hydrogen) atoms. The maximum absolute atomic E-state index is 14.8. The Labute approximate surface area is 186 Å². The first-order valence-corrected chi connectivity index (χ1v) is 10.9. The van der Waals surface area contributed by atoms with E-state index >= 15 is 0 Å². The van der Waals surface area contributed by atoms with Gasteiger partial charge in [0.15, 0.2) is 5.78 Å². The third kappa shape index (κ3) is 3.99. The van der Waals surface area contributed by atoms with Crippen LogP contribution in [0, 0.1) is 11.2 Å². The number of nitrogens with zero attached hydrogens (tertiary/aromatic N) is 1. The zero-order valence-electron chi connectivity index (χ0n) is 17.9. The highest BCUT2D eigenvalue weighted by Gasteiger charge is 2.45. The largest absolute Gasteiger partial charge is 0.494 e. The molecule has 2 aromatic carbocycles. The van der Waals surface area contributed by atoms with Gasteiger partial charge in [0, 0.05) is 46.3 Å². The molecule has 0 saturated carbocycles. The summed E-state index contributed by atoms with van der Waals surface area (Å²) in [4.78, 5) is 28.3. The molecule has 1 aliphatic heterocycles. The van der Waals surface area contributed by atoms with Crippen LogP contribution in [0.3, 0.4) is 0 Å². The minimum absolute atomic E-state index is 0.0150. The Morgan fingerprint density at radius 3 is 2.48 bits per heavy atom. The molecule has 0 fully saturated rings. The highest BCUT2D eigenvalue weighted by molar-refractivity contribution is 6.31. The lowest BCUT2D eigenvalue weighted by Gasteiger charge is -2.43. The van der Waals surface area contributed by atoms with Crippen molar-refractivity contribution in [2.75, 3.05) is 11.5 Å². The van der Waals surface area contributed by atoms with Gasteiger partial charge in [0.05, 0.1) is 6.61 Å². The first-order valence-electron chi connectivity index (χ1n) is 10.5. The molecule has 1 atom stereocenters. The number of carbonyl (C=O) groups excluding carboxylic acids is 2. The quantitative estimate of drug-likeness (QED) is 0.581. The van der Waals surface area contributed by atoms with Gasteiger partial charge in [-0.25, -0.2) is 4.39 Å². The number of ketones is 1. The average molecular weight is 442 g/mol. The van der Waals surface area contributed by atoms with Gasteiger partial charge in [0.2, 0.25) is 5.91 Å². The molecule has 1 unspecified atom stereocenters. The molecule has 162 valence electrons. The van der Waals surface area contributed by atoms with Crippen LogP contribution in [0.5, 0.6) is 5.75 Å². The minimum atomic E-state index is -0.682. The van der Waals surface area contributed by atoms with Crippen molar-refractivity contribution in [2.45, 2.75) is 46.0 Å². The summed E-state index contributed by atoms with van der Waals surface area (Å²) in [7, 11) is 0. The first kappa shape index (κ1) is 21.6. The van der Waals surface area contributed by atoms with Crippen LogP contribution in [0.25, 0.3) is 0 Å². The van der Waals surface area contributed by atoms with Gasteiger partial charge in [-0.05, 0) is 55.2 Å². The predicted octanol–water partition coefficient (Wildman–Crippen LogP) is 6.04. The average Bonchev–Trinajstić information content (AvgIpc) is 2.68. The van der Waals surface area contributed by atoms with Crippen LogP contribution < -0.4 is 9.64 Å². The number of halogens is 2. The Hall–Kier alpha value is -2.66. The van der Waals surface area contributed by atoms with E-state index in [-0.39, 0.29) is 34.1 Å². The van der Waals surface area contributed by atoms with E-state index < -0.39 is 11.7 Å².